The van der Waals surface area contributed by atoms with Crippen LogP contribution in [0.4, 0.5) is 14.5 Å². The van der Waals surface area contributed by atoms with Gasteiger partial charge in [0.1, 0.15) is 17.1 Å². The van der Waals surface area contributed by atoms with Crippen molar-refractivity contribution in [3.8, 4) is 5.75 Å². The smallest absolute Gasteiger partial charge is 0.269 e. The van der Waals surface area contributed by atoms with Gasteiger partial charge in [0.2, 0.25) is 5.95 Å². The summed E-state index contributed by atoms with van der Waals surface area (Å²) >= 11 is 0. The van der Waals surface area contributed by atoms with Crippen molar-refractivity contribution in [2.75, 3.05) is 25.5 Å². The van der Waals surface area contributed by atoms with Gasteiger partial charge in [0.15, 0.2) is 11.9 Å². The van der Waals surface area contributed by atoms with E-state index >= 15 is 0 Å². The number of anilines is 1. The Morgan fingerprint density at radius 1 is 1.31 bits per heavy atom. The Morgan fingerprint density at radius 3 is 2.78 bits per heavy atom. The number of fused-ring (bicyclic) bond motifs is 1. The second-order valence-electron chi connectivity index (χ2n) is 7.36. The van der Waals surface area contributed by atoms with Gasteiger partial charge >= 0.3 is 0 Å². The number of hydrogen-bond donors (Lipinski definition) is 2. The molecule has 0 bridgehead atoms. The molecule has 10 heteroatoms. The highest BCUT2D eigenvalue weighted by Gasteiger charge is 2.29. The number of aromatic nitrogens is 1. The maximum Gasteiger partial charge on any atom is 0.269 e. The van der Waals surface area contributed by atoms with E-state index in [1.54, 1.807) is 18.2 Å². The first-order chi connectivity index (χ1) is 15.4. The number of carbonyl (C=O) groups is 2. The molecule has 3 heterocycles. The molecule has 2 aliphatic heterocycles. The van der Waals surface area contributed by atoms with Crippen LogP contribution in [0.2, 0.25) is 0 Å². The molecule has 0 saturated carbocycles. The van der Waals surface area contributed by atoms with Gasteiger partial charge in [-0.25, -0.2) is 9.37 Å². The average Bonchev–Trinajstić information content (AvgIpc) is 2.81. The fourth-order valence-electron chi connectivity index (χ4n) is 3.52. The van der Waals surface area contributed by atoms with Crippen LogP contribution in [0, 0.1) is 11.8 Å². The highest BCUT2D eigenvalue weighted by molar-refractivity contribution is 5.98. The average molecular weight is 444 g/mol. The van der Waals surface area contributed by atoms with Crippen LogP contribution in [-0.2, 0) is 16.2 Å². The lowest BCUT2D eigenvalue weighted by Gasteiger charge is -2.28. The van der Waals surface area contributed by atoms with E-state index in [1.165, 1.54) is 24.2 Å². The summed E-state index contributed by atoms with van der Waals surface area (Å²) in [5.74, 6) is -1.91. The van der Waals surface area contributed by atoms with Crippen molar-refractivity contribution in [2.45, 2.75) is 26.0 Å². The first kappa shape index (κ1) is 21.8. The molecule has 2 aromatic rings. The van der Waals surface area contributed by atoms with Gasteiger partial charge in [-0.3, -0.25) is 14.4 Å². The Bertz CT molecular complexity index is 1110. The van der Waals surface area contributed by atoms with Gasteiger partial charge in [-0.15, -0.1) is 0 Å². The highest BCUT2D eigenvalue weighted by atomic mass is 19.1. The first-order valence-electron chi connectivity index (χ1n) is 10.2. The molecule has 8 nitrogen and oxygen atoms in total. The number of ether oxygens (including phenoxy) is 1. The summed E-state index contributed by atoms with van der Waals surface area (Å²) in [6.45, 7) is 2.27. The highest BCUT2D eigenvalue weighted by Crippen LogP contribution is 2.35. The topological polar surface area (TPSA) is 92.8 Å². The molecule has 2 amide bonds. The molecule has 0 fully saturated rings. The lowest BCUT2D eigenvalue weighted by Crippen LogP contribution is -2.37. The van der Waals surface area contributed by atoms with Crippen LogP contribution < -0.4 is 15.4 Å². The van der Waals surface area contributed by atoms with Crippen LogP contribution in [0.25, 0.3) is 5.57 Å². The van der Waals surface area contributed by atoms with Gasteiger partial charge in [-0.1, -0.05) is 19.1 Å². The second kappa shape index (κ2) is 9.01. The minimum atomic E-state index is -0.767. The summed E-state index contributed by atoms with van der Waals surface area (Å²) in [6, 6.07) is 6.12. The Labute approximate surface area is 183 Å². The van der Waals surface area contributed by atoms with Crippen molar-refractivity contribution in [3.63, 3.8) is 0 Å². The Kier molecular flexibility index (Phi) is 6.15. The Hall–Kier alpha value is -3.37. The molecule has 1 unspecified atom stereocenters. The zero-order valence-corrected chi connectivity index (χ0v) is 17.6. The number of halogens is 2. The van der Waals surface area contributed by atoms with Crippen molar-refractivity contribution in [2.24, 2.45) is 0 Å². The molecule has 2 N–H and O–H groups in total. The van der Waals surface area contributed by atoms with E-state index in [-0.39, 0.29) is 42.5 Å². The molecule has 0 radical (unpaired) electrons. The van der Waals surface area contributed by atoms with Gasteiger partial charge in [-0.2, -0.15) is 9.45 Å². The largest absolute Gasteiger partial charge is 0.478 e. The molecule has 0 aliphatic carbocycles. The number of pyridine rings is 1. The number of rotatable bonds is 5. The number of hydroxylamine groups is 2. The fourth-order valence-corrected chi connectivity index (χ4v) is 3.52. The number of nitrogens with zero attached hydrogens (tertiary/aromatic N) is 2. The van der Waals surface area contributed by atoms with Gasteiger partial charge < -0.3 is 15.4 Å². The van der Waals surface area contributed by atoms with Gasteiger partial charge in [0, 0.05) is 24.7 Å². The molecule has 2 aliphatic rings. The maximum atomic E-state index is 15.0. The predicted octanol–water partition coefficient (Wildman–Crippen LogP) is 2.66. The molecule has 4 rings (SSSR count). The van der Waals surface area contributed by atoms with E-state index in [9.17, 15) is 18.4 Å². The molecule has 1 aromatic carbocycles. The number of benzene rings is 1. The SMILES string of the molecule is CCC1Oc2ccc(CN3CC=C(c4ccc(C(=O)NC)nc4F)CO3)c(F)c2NC1=O. The first-order valence-corrected chi connectivity index (χ1v) is 10.2. The number of carbonyl (C=O) groups excluding carboxylic acids is 2. The van der Waals surface area contributed by atoms with Crippen LogP contribution in [0.15, 0.2) is 30.3 Å². The molecule has 0 spiro atoms. The lowest BCUT2D eigenvalue weighted by atomic mass is 10.1. The monoisotopic (exact) mass is 444 g/mol. The molecule has 168 valence electrons. The summed E-state index contributed by atoms with van der Waals surface area (Å²) in [5.41, 5.74) is 1.14. The third kappa shape index (κ3) is 4.19. The van der Waals surface area contributed by atoms with Gasteiger partial charge in [-0.05, 0) is 30.2 Å². The molecular formula is C22H22F2N4O4. The third-order valence-electron chi connectivity index (χ3n) is 5.31. The number of nitrogens with one attached hydrogen (secondary N) is 2. The van der Waals surface area contributed by atoms with Crippen molar-refractivity contribution in [1.82, 2.24) is 15.4 Å². The summed E-state index contributed by atoms with van der Waals surface area (Å²) in [5, 5.41) is 6.49. The maximum absolute atomic E-state index is 15.0. The predicted molar refractivity (Wildman–Crippen MR) is 112 cm³/mol. The van der Waals surface area contributed by atoms with Gasteiger partial charge in [0.25, 0.3) is 11.8 Å². The van der Waals surface area contributed by atoms with Crippen LogP contribution in [0.3, 0.4) is 0 Å². The summed E-state index contributed by atoms with van der Waals surface area (Å²) in [6.07, 6.45) is 1.60. The minimum Gasteiger partial charge on any atom is -0.478 e. The van der Waals surface area contributed by atoms with Crippen molar-refractivity contribution >= 4 is 23.1 Å². The zero-order valence-electron chi connectivity index (χ0n) is 17.6. The lowest BCUT2D eigenvalue weighted by molar-refractivity contribution is -0.151. The standard InChI is InChI=1S/C22H22F2N4O4/c1-3-16-22(30)27-19-17(32-16)7-4-12(18(19)23)10-28-9-8-13(11-31-28)14-5-6-15(21(29)25-2)26-20(14)24/h4-8,16H,3,9-11H2,1-2H3,(H,25,29)(H,27,30). The normalized spacial score (nSPS) is 18.3. The number of hydrogen-bond acceptors (Lipinski definition) is 6. The molecule has 0 saturated heterocycles. The van der Waals surface area contributed by atoms with E-state index in [0.29, 0.717) is 23.3 Å². The van der Waals surface area contributed by atoms with E-state index in [2.05, 4.69) is 15.6 Å². The van der Waals surface area contributed by atoms with E-state index in [4.69, 9.17) is 9.57 Å². The zero-order chi connectivity index (χ0) is 22.8. The van der Waals surface area contributed by atoms with Crippen LogP contribution in [0.1, 0.15) is 35.0 Å². The van der Waals surface area contributed by atoms with E-state index in [0.717, 1.165) is 0 Å². The summed E-state index contributed by atoms with van der Waals surface area (Å²) in [7, 11) is 1.44. The van der Waals surface area contributed by atoms with Crippen LogP contribution in [-0.4, -0.2) is 48.2 Å². The molecular weight excluding hydrogens is 422 g/mol. The minimum absolute atomic E-state index is 0.0167. The van der Waals surface area contributed by atoms with Crippen molar-refractivity contribution in [3.05, 3.63) is 58.9 Å². The van der Waals surface area contributed by atoms with Gasteiger partial charge in [0.05, 0.1) is 13.2 Å². The molecule has 32 heavy (non-hydrogen) atoms. The third-order valence-corrected chi connectivity index (χ3v) is 5.31. The fraction of sp³-hybridized carbons (Fsp3) is 0.318. The number of amides is 2. The second-order valence-corrected chi connectivity index (χ2v) is 7.36. The quantitative estimate of drug-likeness (QED) is 0.689. The van der Waals surface area contributed by atoms with E-state index in [1.807, 2.05) is 6.92 Å². The van der Waals surface area contributed by atoms with Crippen LogP contribution >= 0.6 is 0 Å². The summed E-state index contributed by atoms with van der Waals surface area (Å²) in [4.78, 5) is 33.0. The Morgan fingerprint density at radius 2 is 2.12 bits per heavy atom. The van der Waals surface area contributed by atoms with Crippen LogP contribution in [0.5, 0.6) is 5.75 Å². The van der Waals surface area contributed by atoms with Crippen molar-refractivity contribution in [1.29, 1.82) is 0 Å². The molecule has 1 aromatic heterocycles. The Balaban J connectivity index is 1.46. The molecule has 1 atom stereocenters. The summed E-state index contributed by atoms with van der Waals surface area (Å²) < 4.78 is 34.9. The van der Waals surface area contributed by atoms with Crippen molar-refractivity contribution < 1.29 is 27.9 Å². The van der Waals surface area contributed by atoms with E-state index < -0.39 is 23.8 Å².